The van der Waals surface area contributed by atoms with Gasteiger partial charge in [-0.15, -0.1) is 0 Å². The molecule has 0 N–H and O–H groups in total. The molecule has 1 saturated heterocycles. The Kier molecular flexibility index (Phi) is 9.10. The lowest BCUT2D eigenvalue weighted by atomic mass is 9.90. The van der Waals surface area contributed by atoms with Crippen LogP contribution in [-0.4, -0.2) is 58.7 Å². The average Bonchev–Trinajstić information content (AvgIpc) is 3.14. The molecule has 0 atom stereocenters. The zero-order valence-corrected chi connectivity index (χ0v) is 21.9. The molecule has 202 valence electrons. The standard InChI is InChI=1S/C29H35N3O6/c1-21(33)30-17-13-24-7-8-26(19-25(24)14-18-30)28(34)4-2-3-22-11-15-31(16-12-22)29(35)38-20-23-5-9-27(10-6-23)32(36)37/h5-10,19,22H,2-4,11-18,20H2,1H3. The van der Waals surface area contributed by atoms with Crippen LogP contribution < -0.4 is 0 Å². The first-order chi connectivity index (χ1) is 18.3. The Balaban J connectivity index is 1.16. The van der Waals surface area contributed by atoms with Gasteiger partial charge in [0.25, 0.3) is 5.69 Å². The lowest BCUT2D eigenvalue weighted by molar-refractivity contribution is -0.384. The largest absolute Gasteiger partial charge is 0.445 e. The van der Waals surface area contributed by atoms with E-state index >= 15 is 0 Å². The summed E-state index contributed by atoms with van der Waals surface area (Å²) in [6.45, 7) is 4.36. The highest BCUT2D eigenvalue weighted by Crippen LogP contribution is 2.25. The summed E-state index contributed by atoms with van der Waals surface area (Å²) in [6, 6.07) is 12.0. The first-order valence-electron chi connectivity index (χ1n) is 13.4. The molecule has 2 aliphatic heterocycles. The molecule has 9 heteroatoms. The maximum absolute atomic E-state index is 12.8. The fourth-order valence-corrected chi connectivity index (χ4v) is 5.26. The second-order valence-electron chi connectivity index (χ2n) is 10.2. The molecule has 4 rings (SSSR count). The van der Waals surface area contributed by atoms with Crippen LogP contribution in [0.25, 0.3) is 0 Å². The predicted octanol–water partition coefficient (Wildman–Crippen LogP) is 4.94. The average molecular weight is 522 g/mol. The number of nitro benzene ring substituents is 1. The Hall–Kier alpha value is -3.75. The number of carbonyl (C=O) groups excluding carboxylic acids is 3. The summed E-state index contributed by atoms with van der Waals surface area (Å²) in [5, 5.41) is 10.7. The third-order valence-electron chi connectivity index (χ3n) is 7.67. The number of Topliss-reactive ketones (excluding diaryl/α,β-unsaturated/α-hetero) is 1. The summed E-state index contributed by atoms with van der Waals surface area (Å²) in [6.07, 6.45) is 5.29. The van der Waals surface area contributed by atoms with E-state index in [0.29, 0.717) is 37.5 Å². The van der Waals surface area contributed by atoms with Crippen LogP contribution in [0, 0.1) is 16.0 Å². The molecule has 2 aromatic rings. The third kappa shape index (κ3) is 7.18. The monoisotopic (exact) mass is 521 g/mol. The van der Waals surface area contributed by atoms with Gasteiger partial charge in [-0.3, -0.25) is 19.7 Å². The van der Waals surface area contributed by atoms with Crippen LogP contribution in [0.1, 0.15) is 66.1 Å². The van der Waals surface area contributed by atoms with Gasteiger partial charge in [-0.05, 0) is 79.3 Å². The van der Waals surface area contributed by atoms with Crippen molar-refractivity contribution in [2.24, 2.45) is 5.92 Å². The second kappa shape index (κ2) is 12.7. The minimum atomic E-state index is -0.463. The molecule has 0 aromatic heterocycles. The number of ether oxygens (including phenoxy) is 1. The molecule has 0 spiro atoms. The maximum atomic E-state index is 12.8. The van der Waals surface area contributed by atoms with E-state index in [-0.39, 0.29) is 30.1 Å². The van der Waals surface area contributed by atoms with E-state index in [1.165, 1.54) is 23.3 Å². The molecule has 1 fully saturated rings. The van der Waals surface area contributed by atoms with Gasteiger partial charge in [-0.25, -0.2) is 4.79 Å². The van der Waals surface area contributed by atoms with Gasteiger partial charge in [-0.2, -0.15) is 0 Å². The number of benzene rings is 2. The SMILES string of the molecule is CC(=O)N1CCc2ccc(C(=O)CCCC3CCN(C(=O)OCc4ccc([N+](=O)[O-])cc4)CC3)cc2CC1. The van der Waals surface area contributed by atoms with Crippen molar-refractivity contribution in [3.8, 4) is 0 Å². The number of hydrogen-bond donors (Lipinski definition) is 0. The maximum Gasteiger partial charge on any atom is 0.410 e. The van der Waals surface area contributed by atoms with Gasteiger partial charge < -0.3 is 14.5 Å². The van der Waals surface area contributed by atoms with E-state index in [4.69, 9.17) is 4.74 Å². The molecule has 2 aliphatic rings. The van der Waals surface area contributed by atoms with Crippen molar-refractivity contribution >= 4 is 23.5 Å². The Labute approximate surface area is 222 Å². The summed E-state index contributed by atoms with van der Waals surface area (Å²) in [4.78, 5) is 50.8. The summed E-state index contributed by atoms with van der Waals surface area (Å²) in [7, 11) is 0. The highest BCUT2D eigenvalue weighted by molar-refractivity contribution is 5.96. The summed E-state index contributed by atoms with van der Waals surface area (Å²) in [5.41, 5.74) is 3.86. The Morgan fingerprint density at radius 2 is 1.63 bits per heavy atom. The number of likely N-dealkylation sites (tertiary alicyclic amines) is 1. The van der Waals surface area contributed by atoms with E-state index in [9.17, 15) is 24.5 Å². The molecule has 2 heterocycles. The molecule has 2 amide bonds. The Bertz CT molecular complexity index is 1170. The number of nitro groups is 1. The van der Waals surface area contributed by atoms with Crippen molar-refractivity contribution in [2.75, 3.05) is 26.2 Å². The Morgan fingerprint density at radius 3 is 2.29 bits per heavy atom. The van der Waals surface area contributed by atoms with E-state index in [0.717, 1.165) is 50.6 Å². The fraction of sp³-hybridized carbons (Fsp3) is 0.483. The van der Waals surface area contributed by atoms with Gasteiger partial charge in [-0.1, -0.05) is 12.1 Å². The van der Waals surface area contributed by atoms with Crippen LogP contribution in [-0.2, 0) is 29.0 Å². The van der Waals surface area contributed by atoms with Crippen LogP contribution in [0.5, 0.6) is 0 Å². The molecule has 9 nitrogen and oxygen atoms in total. The molecular formula is C29H35N3O6. The number of ketones is 1. The number of hydrogen-bond acceptors (Lipinski definition) is 6. The van der Waals surface area contributed by atoms with Crippen molar-refractivity contribution in [1.29, 1.82) is 0 Å². The van der Waals surface area contributed by atoms with E-state index in [1.807, 2.05) is 23.1 Å². The number of amides is 2. The number of nitrogens with zero attached hydrogens (tertiary/aromatic N) is 3. The zero-order chi connectivity index (χ0) is 27.1. The molecule has 0 bridgehead atoms. The Morgan fingerprint density at radius 1 is 0.947 bits per heavy atom. The molecular weight excluding hydrogens is 486 g/mol. The number of carbonyl (C=O) groups is 3. The lowest BCUT2D eigenvalue weighted by Gasteiger charge is -2.31. The van der Waals surface area contributed by atoms with Crippen molar-refractivity contribution in [2.45, 2.75) is 58.5 Å². The smallest absolute Gasteiger partial charge is 0.410 e. The van der Waals surface area contributed by atoms with Crippen molar-refractivity contribution in [3.05, 3.63) is 74.8 Å². The van der Waals surface area contributed by atoms with E-state index < -0.39 is 4.92 Å². The van der Waals surface area contributed by atoms with Gasteiger partial charge in [0.05, 0.1) is 4.92 Å². The van der Waals surface area contributed by atoms with Crippen LogP contribution in [0.4, 0.5) is 10.5 Å². The number of piperidine rings is 1. The number of non-ortho nitro benzene ring substituents is 1. The zero-order valence-electron chi connectivity index (χ0n) is 21.9. The minimum Gasteiger partial charge on any atom is -0.445 e. The van der Waals surface area contributed by atoms with Gasteiger partial charge in [0.15, 0.2) is 5.78 Å². The fourth-order valence-electron chi connectivity index (χ4n) is 5.26. The van der Waals surface area contributed by atoms with Crippen molar-refractivity contribution < 1.29 is 24.0 Å². The predicted molar refractivity (Wildman–Crippen MR) is 142 cm³/mol. The normalized spacial score (nSPS) is 15.9. The topological polar surface area (TPSA) is 110 Å². The minimum absolute atomic E-state index is 0.00384. The van der Waals surface area contributed by atoms with Crippen LogP contribution in [0.2, 0.25) is 0 Å². The third-order valence-corrected chi connectivity index (χ3v) is 7.67. The second-order valence-corrected chi connectivity index (χ2v) is 10.2. The molecule has 0 unspecified atom stereocenters. The first kappa shape index (κ1) is 27.3. The number of fused-ring (bicyclic) bond motifs is 1. The van der Waals surface area contributed by atoms with Crippen LogP contribution in [0.15, 0.2) is 42.5 Å². The quantitative estimate of drug-likeness (QED) is 0.276. The number of rotatable bonds is 8. The molecule has 0 saturated carbocycles. The molecule has 0 radical (unpaired) electrons. The van der Waals surface area contributed by atoms with Crippen molar-refractivity contribution in [1.82, 2.24) is 9.80 Å². The summed E-state index contributed by atoms with van der Waals surface area (Å²) < 4.78 is 5.38. The molecule has 38 heavy (non-hydrogen) atoms. The highest BCUT2D eigenvalue weighted by Gasteiger charge is 2.24. The molecule has 0 aliphatic carbocycles. The van der Waals surface area contributed by atoms with Gasteiger partial charge in [0.2, 0.25) is 5.91 Å². The van der Waals surface area contributed by atoms with Gasteiger partial charge in [0.1, 0.15) is 6.61 Å². The first-order valence-corrected chi connectivity index (χ1v) is 13.4. The van der Waals surface area contributed by atoms with Crippen LogP contribution >= 0.6 is 0 Å². The van der Waals surface area contributed by atoms with Crippen molar-refractivity contribution in [3.63, 3.8) is 0 Å². The van der Waals surface area contributed by atoms with E-state index in [2.05, 4.69) is 0 Å². The summed E-state index contributed by atoms with van der Waals surface area (Å²) >= 11 is 0. The molecule has 2 aromatic carbocycles. The lowest BCUT2D eigenvalue weighted by Crippen LogP contribution is -2.38. The van der Waals surface area contributed by atoms with Crippen LogP contribution in [0.3, 0.4) is 0 Å². The highest BCUT2D eigenvalue weighted by atomic mass is 16.6. The summed E-state index contributed by atoms with van der Waals surface area (Å²) in [5.74, 6) is 0.734. The van der Waals surface area contributed by atoms with E-state index in [1.54, 1.807) is 24.0 Å². The van der Waals surface area contributed by atoms with Gasteiger partial charge >= 0.3 is 6.09 Å². The van der Waals surface area contributed by atoms with Gasteiger partial charge in [0, 0.05) is 57.2 Å².